The van der Waals surface area contributed by atoms with Crippen LogP contribution in [0.4, 0.5) is 11.4 Å². The molecule has 21 heavy (non-hydrogen) atoms. The number of halogens is 1. The van der Waals surface area contributed by atoms with Gasteiger partial charge in [0.05, 0.1) is 11.4 Å². The predicted octanol–water partition coefficient (Wildman–Crippen LogP) is 0.811. The van der Waals surface area contributed by atoms with E-state index in [0.29, 0.717) is 9.33 Å². The van der Waals surface area contributed by atoms with Crippen LogP contribution in [0.3, 0.4) is 0 Å². The molecule has 0 unspecified atom stereocenters. The van der Waals surface area contributed by atoms with Crippen LogP contribution < -0.4 is 11.1 Å². The second kappa shape index (κ2) is 4.88. The number of nitrogen functional groups attached to an aromatic ring is 1. The van der Waals surface area contributed by atoms with Crippen molar-refractivity contribution in [3.05, 3.63) is 23.2 Å². The minimum Gasteiger partial charge on any atom is -0.397 e. The number of anilines is 2. The average molecular weight is 332 g/mol. The van der Waals surface area contributed by atoms with Crippen molar-refractivity contribution in [1.29, 1.82) is 0 Å². The third-order valence-electron chi connectivity index (χ3n) is 3.25. The van der Waals surface area contributed by atoms with Crippen molar-refractivity contribution in [3.8, 4) is 0 Å². The van der Waals surface area contributed by atoms with E-state index in [1.807, 2.05) is 0 Å². The smallest absolute Gasteiger partial charge is 0.259 e. The van der Waals surface area contributed by atoms with Gasteiger partial charge in [0.1, 0.15) is 6.54 Å². The molecule has 2 amide bonds. The molecule has 1 aliphatic heterocycles. The van der Waals surface area contributed by atoms with E-state index in [1.54, 1.807) is 6.07 Å². The lowest BCUT2D eigenvalue weighted by atomic mass is 10.2. The summed E-state index contributed by atoms with van der Waals surface area (Å²) in [4.78, 5) is 23.6. The summed E-state index contributed by atoms with van der Waals surface area (Å²) >= 11 is 5.78. The van der Waals surface area contributed by atoms with Gasteiger partial charge in [0.15, 0.2) is 4.75 Å². The number of nitrogens with zero attached hydrogens (tertiary/aromatic N) is 1. The fourth-order valence-corrected chi connectivity index (χ4v) is 3.53. The number of nitrogens with one attached hydrogen (secondary N) is 1. The van der Waals surface area contributed by atoms with Gasteiger partial charge in [-0.2, -0.15) is 0 Å². The van der Waals surface area contributed by atoms with Crippen LogP contribution in [0, 0.1) is 0 Å². The SMILES string of the molecule is CC1(C)C(=O)N(CC(=O)Nc2cc(Cl)ccc2N)S1(=O)=O. The molecule has 0 spiro atoms. The van der Waals surface area contributed by atoms with E-state index in [-0.39, 0.29) is 11.4 Å². The molecule has 9 heteroatoms. The van der Waals surface area contributed by atoms with Gasteiger partial charge in [-0.25, -0.2) is 12.7 Å². The Morgan fingerprint density at radius 2 is 2.05 bits per heavy atom. The summed E-state index contributed by atoms with van der Waals surface area (Å²) in [7, 11) is -3.79. The third kappa shape index (κ3) is 2.44. The first kappa shape index (κ1) is 15.6. The van der Waals surface area contributed by atoms with Crippen LogP contribution in [-0.4, -0.2) is 35.8 Å². The van der Waals surface area contributed by atoms with E-state index in [1.165, 1.54) is 26.0 Å². The summed E-state index contributed by atoms with van der Waals surface area (Å²) < 4.78 is 22.8. The van der Waals surface area contributed by atoms with Crippen molar-refractivity contribution in [2.24, 2.45) is 0 Å². The summed E-state index contributed by atoms with van der Waals surface area (Å²) in [6, 6.07) is 4.50. The van der Waals surface area contributed by atoms with Crippen LogP contribution in [0.5, 0.6) is 0 Å². The van der Waals surface area contributed by atoms with Crippen molar-refractivity contribution in [3.63, 3.8) is 0 Å². The first-order valence-corrected chi connectivity index (χ1v) is 7.81. The number of benzene rings is 1. The fraction of sp³-hybridized carbons (Fsp3) is 0.333. The van der Waals surface area contributed by atoms with Crippen LogP contribution in [-0.2, 0) is 19.6 Å². The number of carbonyl (C=O) groups is 2. The molecule has 0 aromatic heterocycles. The molecule has 0 radical (unpaired) electrons. The third-order valence-corrected chi connectivity index (χ3v) is 5.83. The van der Waals surface area contributed by atoms with Crippen molar-refractivity contribution in [2.75, 3.05) is 17.6 Å². The molecule has 7 nitrogen and oxygen atoms in total. The molecule has 0 bridgehead atoms. The first-order valence-electron chi connectivity index (χ1n) is 5.99. The first-order chi connectivity index (χ1) is 9.57. The summed E-state index contributed by atoms with van der Waals surface area (Å²) in [5.74, 6) is -1.28. The van der Waals surface area contributed by atoms with Gasteiger partial charge in [-0.15, -0.1) is 0 Å². The molecule has 3 N–H and O–H groups in total. The van der Waals surface area contributed by atoms with Crippen molar-refractivity contribution in [1.82, 2.24) is 4.31 Å². The Morgan fingerprint density at radius 3 is 2.62 bits per heavy atom. The molecule has 0 atom stereocenters. The maximum atomic E-state index is 11.9. The molecule has 1 saturated heterocycles. The highest BCUT2D eigenvalue weighted by atomic mass is 35.5. The van der Waals surface area contributed by atoms with Gasteiger partial charge in [0.25, 0.3) is 15.9 Å². The minimum absolute atomic E-state index is 0.261. The zero-order chi connectivity index (χ0) is 16.0. The Bertz CT molecular complexity index is 730. The molecule has 114 valence electrons. The normalized spacial score (nSPS) is 19.0. The second-order valence-electron chi connectivity index (χ2n) is 5.11. The van der Waals surface area contributed by atoms with E-state index >= 15 is 0 Å². The number of hydrogen-bond acceptors (Lipinski definition) is 5. The van der Waals surface area contributed by atoms with Crippen LogP contribution in [0.2, 0.25) is 5.02 Å². The van der Waals surface area contributed by atoms with E-state index in [9.17, 15) is 18.0 Å². The molecule has 0 aliphatic carbocycles. The highest BCUT2D eigenvalue weighted by molar-refractivity contribution is 7.94. The number of amides is 2. The summed E-state index contributed by atoms with van der Waals surface area (Å²) in [5.41, 5.74) is 6.21. The summed E-state index contributed by atoms with van der Waals surface area (Å²) in [6.07, 6.45) is 0. The van der Waals surface area contributed by atoms with E-state index in [0.717, 1.165) is 0 Å². The quantitative estimate of drug-likeness (QED) is 0.796. The van der Waals surface area contributed by atoms with Crippen LogP contribution in [0.1, 0.15) is 13.8 Å². The Kier molecular flexibility index (Phi) is 3.63. The lowest BCUT2D eigenvalue weighted by molar-refractivity contribution is -0.134. The Morgan fingerprint density at radius 1 is 1.43 bits per heavy atom. The van der Waals surface area contributed by atoms with Gasteiger partial charge in [0.2, 0.25) is 5.91 Å². The van der Waals surface area contributed by atoms with Crippen LogP contribution in [0.15, 0.2) is 18.2 Å². The topological polar surface area (TPSA) is 110 Å². The van der Waals surface area contributed by atoms with Gasteiger partial charge in [-0.3, -0.25) is 9.59 Å². The van der Waals surface area contributed by atoms with Gasteiger partial charge >= 0.3 is 0 Å². The van der Waals surface area contributed by atoms with Crippen molar-refractivity contribution < 1.29 is 18.0 Å². The monoisotopic (exact) mass is 331 g/mol. The number of hydrogen-bond donors (Lipinski definition) is 2. The van der Waals surface area contributed by atoms with E-state index < -0.39 is 33.1 Å². The maximum Gasteiger partial charge on any atom is 0.259 e. The highest BCUT2D eigenvalue weighted by Crippen LogP contribution is 2.34. The number of sulfonamides is 1. The fourth-order valence-electron chi connectivity index (χ4n) is 1.87. The Labute approximate surface area is 127 Å². The van der Waals surface area contributed by atoms with Crippen molar-refractivity contribution in [2.45, 2.75) is 18.6 Å². The van der Waals surface area contributed by atoms with Crippen molar-refractivity contribution >= 4 is 44.8 Å². The Balaban J connectivity index is 2.10. The molecule has 1 fully saturated rings. The second-order valence-corrected chi connectivity index (χ2v) is 7.95. The van der Waals surface area contributed by atoms with Gasteiger partial charge < -0.3 is 11.1 Å². The highest BCUT2D eigenvalue weighted by Gasteiger charge is 2.60. The van der Waals surface area contributed by atoms with Crippen LogP contribution >= 0.6 is 11.6 Å². The zero-order valence-electron chi connectivity index (χ0n) is 11.4. The largest absolute Gasteiger partial charge is 0.397 e. The van der Waals surface area contributed by atoms with Crippen LogP contribution in [0.25, 0.3) is 0 Å². The standard InChI is InChI=1S/C12H14ClN3O4S/c1-12(2)11(18)16(21(12,19)20)6-10(17)15-9-5-7(13)3-4-8(9)14/h3-5H,6,14H2,1-2H3,(H,15,17). The number of carbonyl (C=O) groups excluding carboxylic acids is 2. The van der Waals surface area contributed by atoms with E-state index in [4.69, 9.17) is 17.3 Å². The van der Waals surface area contributed by atoms with Gasteiger partial charge in [0, 0.05) is 5.02 Å². The molecule has 1 aromatic carbocycles. The lowest BCUT2D eigenvalue weighted by Crippen LogP contribution is -2.68. The lowest BCUT2D eigenvalue weighted by Gasteiger charge is -2.42. The molecule has 1 heterocycles. The average Bonchev–Trinajstić information content (AvgIpc) is 2.39. The maximum absolute atomic E-state index is 11.9. The van der Waals surface area contributed by atoms with Gasteiger partial charge in [-0.05, 0) is 32.0 Å². The Hall–Kier alpha value is -1.80. The molecular weight excluding hydrogens is 318 g/mol. The number of rotatable bonds is 3. The molecule has 2 rings (SSSR count). The minimum atomic E-state index is -3.79. The molecule has 1 aliphatic rings. The van der Waals surface area contributed by atoms with Gasteiger partial charge in [-0.1, -0.05) is 11.6 Å². The predicted molar refractivity (Wildman–Crippen MR) is 79.2 cm³/mol. The molecule has 1 aromatic rings. The molecule has 0 saturated carbocycles. The van der Waals surface area contributed by atoms with E-state index in [2.05, 4.69) is 5.32 Å². The summed E-state index contributed by atoms with van der Waals surface area (Å²) in [6.45, 7) is 2.01. The summed E-state index contributed by atoms with van der Waals surface area (Å²) in [5, 5.41) is 2.80. The zero-order valence-corrected chi connectivity index (χ0v) is 13.0. The number of nitrogens with two attached hydrogens (primary N) is 1. The molecular formula is C12H14ClN3O4S.